The van der Waals surface area contributed by atoms with Gasteiger partial charge in [0, 0.05) is 25.2 Å². The second-order valence-electron chi connectivity index (χ2n) is 3.50. The molecule has 0 unspecified atom stereocenters. The number of carbonyl (C=O) groups excluding carboxylic acids is 1. The molecule has 2 rings (SSSR count). The predicted molar refractivity (Wildman–Crippen MR) is 43.8 cm³/mol. The minimum Gasteiger partial charge on any atom is -0.468 e. The lowest BCUT2D eigenvalue weighted by atomic mass is 10.2. The van der Waals surface area contributed by atoms with Crippen molar-refractivity contribution in [2.24, 2.45) is 0 Å². The minimum absolute atomic E-state index is 0.123. The third-order valence-corrected chi connectivity index (χ3v) is 2.73. The molecule has 0 saturated carbocycles. The summed E-state index contributed by atoms with van der Waals surface area (Å²) < 4.78 is 4.62. The summed E-state index contributed by atoms with van der Waals surface area (Å²) >= 11 is 0. The third-order valence-electron chi connectivity index (χ3n) is 2.73. The summed E-state index contributed by atoms with van der Waals surface area (Å²) in [7, 11) is 1.44. The Hall–Kier alpha value is -0.610. The van der Waals surface area contributed by atoms with Gasteiger partial charge >= 0.3 is 5.97 Å². The first-order valence-corrected chi connectivity index (χ1v) is 4.34. The van der Waals surface area contributed by atoms with Crippen LogP contribution in [0.25, 0.3) is 0 Å². The van der Waals surface area contributed by atoms with Crippen LogP contribution in [0.4, 0.5) is 0 Å². The van der Waals surface area contributed by atoms with E-state index in [1.807, 2.05) is 0 Å². The number of esters is 1. The number of carbonyl (C=O) groups is 1. The zero-order valence-electron chi connectivity index (χ0n) is 7.25. The van der Waals surface area contributed by atoms with Crippen molar-refractivity contribution in [3.05, 3.63) is 0 Å². The van der Waals surface area contributed by atoms with Crippen molar-refractivity contribution in [3.63, 3.8) is 0 Å². The highest BCUT2D eigenvalue weighted by Gasteiger charge is 2.38. The van der Waals surface area contributed by atoms with Crippen LogP contribution in [0.5, 0.6) is 0 Å². The molecule has 2 atom stereocenters. The van der Waals surface area contributed by atoms with E-state index in [1.54, 1.807) is 0 Å². The maximum Gasteiger partial charge on any atom is 0.319 e. The van der Waals surface area contributed by atoms with Crippen molar-refractivity contribution in [2.45, 2.75) is 18.5 Å². The average Bonchev–Trinajstić information content (AvgIpc) is 2.64. The molecule has 2 bridgehead atoms. The van der Waals surface area contributed by atoms with Crippen LogP contribution in [0, 0.1) is 0 Å². The van der Waals surface area contributed by atoms with Crippen LogP contribution in [0.1, 0.15) is 6.42 Å². The van der Waals surface area contributed by atoms with Crippen LogP contribution in [-0.2, 0) is 9.53 Å². The molecule has 2 saturated heterocycles. The Labute approximate surface area is 71.9 Å². The summed E-state index contributed by atoms with van der Waals surface area (Å²) in [5.41, 5.74) is 0. The van der Waals surface area contributed by atoms with Gasteiger partial charge in [-0.25, -0.2) is 0 Å². The molecular weight excluding hydrogens is 156 g/mol. The van der Waals surface area contributed by atoms with Crippen LogP contribution < -0.4 is 5.32 Å². The number of hydrogen-bond acceptors (Lipinski definition) is 4. The minimum atomic E-state index is -0.123. The molecule has 0 spiro atoms. The van der Waals surface area contributed by atoms with E-state index in [9.17, 15) is 4.79 Å². The number of nitrogens with one attached hydrogen (secondary N) is 1. The lowest BCUT2D eigenvalue weighted by molar-refractivity contribution is -0.142. The summed E-state index contributed by atoms with van der Waals surface area (Å²) in [5.74, 6) is -0.123. The van der Waals surface area contributed by atoms with Crippen molar-refractivity contribution >= 4 is 5.97 Å². The van der Waals surface area contributed by atoms with Crippen LogP contribution in [-0.4, -0.2) is 49.7 Å². The van der Waals surface area contributed by atoms with Gasteiger partial charge in [-0.15, -0.1) is 0 Å². The van der Waals surface area contributed by atoms with Gasteiger partial charge in [-0.1, -0.05) is 0 Å². The van der Waals surface area contributed by atoms with Gasteiger partial charge in [0.2, 0.25) is 0 Å². The molecule has 2 heterocycles. The Morgan fingerprint density at radius 3 is 3.08 bits per heavy atom. The summed E-state index contributed by atoms with van der Waals surface area (Å²) in [5, 5.41) is 3.38. The Bertz CT molecular complexity index is 195. The zero-order valence-corrected chi connectivity index (χ0v) is 7.25. The Kier molecular flexibility index (Phi) is 2.02. The highest BCUT2D eigenvalue weighted by Crippen LogP contribution is 2.22. The molecule has 2 fully saturated rings. The highest BCUT2D eigenvalue weighted by molar-refractivity contribution is 5.71. The van der Waals surface area contributed by atoms with Gasteiger partial charge in [-0.05, 0) is 6.42 Å². The monoisotopic (exact) mass is 170 g/mol. The molecule has 0 aromatic carbocycles. The van der Waals surface area contributed by atoms with Crippen LogP contribution in [0.2, 0.25) is 0 Å². The van der Waals surface area contributed by atoms with E-state index in [2.05, 4.69) is 15.0 Å². The van der Waals surface area contributed by atoms with Crippen LogP contribution in [0.3, 0.4) is 0 Å². The predicted octanol–water partition coefficient (Wildman–Crippen LogP) is -0.794. The summed E-state index contributed by atoms with van der Waals surface area (Å²) in [4.78, 5) is 13.2. The molecule has 2 aliphatic heterocycles. The number of rotatable bonds is 2. The maximum atomic E-state index is 11.0. The first-order valence-electron chi connectivity index (χ1n) is 4.34. The first-order chi connectivity index (χ1) is 5.79. The standard InChI is InChI=1S/C8H14N2O2/c1-12-8(11)5-10-4-6-2-7(10)3-9-6/h6-7,9H,2-5H2,1H3/t6-,7-/m1/s1. The van der Waals surface area contributed by atoms with Gasteiger partial charge in [0.25, 0.3) is 0 Å². The average molecular weight is 170 g/mol. The van der Waals surface area contributed by atoms with Crippen molar-refractivity contribution in [1.82, 2.24) is 10.2 Å². The molecule has 0 aromatic heterocycles. The van der Waals surface area contributed by atoms with Gasteiger partial charge in [0.15, 0.2) is 0 Å². The number of nitrogens with zero attached hydrogens (tertiary/aromatic N) is 1. The lowest BCUT2D eigenvalue weighted by Crippen LogP contribution is -2.45. The first kappa shape index (κ1) is 8.01. The number of methoxy groups -OCH3 is 1. The molecule has 0 aliphatic carbocycles. The molecule has 12 heavy (non-hydrogen) atoms. The largest absolute Gasteiger partial charge is 0.468 e. The fourth-order valence-electron chi connectivity index (χ4n) is 2.07. The summed E-state index contributed by atoms with van der Waals surface area (Å²) in [6.45, 7) is 2.49. The van der Waals surface area contributed by atoms with Crippen molar-refractivity contribution in [1.29, 1.82) is 0 Å². The van der Waals surface area contributed by atoms with E-state index in [0.717, 1.165) is 13.1 Å². The van der Waals surface area contributed by atoms with E-state index in [4.69, 9.17) is 0 Å². The second-order valence-corrected chi connectivity index (χ2v) is 3.50. The number of ether oxygens (including phenoxy) is 1. The van der Waals surface area contributed by atoms with E-state index < -0.39 is 0 Å². The number of piperazine rings is 1. The van der Waals surface area contributed by atoms with Gasteiger partial charge in [0.1, 0.15) is 0 Å². The highest BCUT2D eigenvalue weighted by atomic mass is 16.5. The summed E-state index contributed by atoms with van der Waals surface area (Å²) in [6.07, 6.45) is 1.19. The van der Waals surface area contributed by atoms with Gasteiger partial charge in [0.05, 0.1) is 13.7 Å². The Balaban J connectivity index is 1.86. The molecule has 4 heteroatoms. The molecule has 2 aliphatic rings. The van der Waals surface area contributed by atoms with Crippen LogP contribution >= 0.6 is 0 Å². The van der Waals surface area contributed by atoms with E-state index >= 15 is 0 Å². The molecule has 0 amide bonds. The summed E-state index contributed by atoms with van der Waals surface area (Å²) in [6, 6.07) is 1.17. The number of hydrogen-bond donors (Lipinski definition) is 1. The van der Waals surface area contributed by atoms with Crippen LogP contribution in [0.15, 0.2) is 0 Å². The molecule has 0 radical (unpaired) electrons. The maximum absolute atomic E-state index is 11.0. The molecule has 0 aromatic rings. The SMILES string of the molecule is COC(=O)CN1C[C@H]2C[C@@H]1CN2. The number of likely N-dealkylation sites (tertiary alicyclic amines) is 1. The van der Waals surface area contributed by atoms with E-state index in [-0.39, 0.29) is 5.97 Å². The fourth-order valence-corrected chi connectivity index (χ4v) is 2.07. The second kappa shape index (κ2) is 3.03. The molecule has 1 N–H and O–H groups in total. The van der Waals surface area contributed by atoms with Gasteiger partial charge < -0.3 is 10.1 Å². The van der Waals surface area contributed by atoms with Gasteiger partial charge in [-0.3, -0.25) is 9.69 Å². The Morgan fingerprint density at radius 1 is 1.75 bits per heavy atom. The topological polar surface area (TPSA) is 41.6 Å². The zero-order chi connectivity index (χ0) is 8.55. The van der Waals surface area contributed by atoms with Crippen molar-refractivity contribution in [3.8, 4) is 0 Å². The smallest absolute Gasteiger partial charge is 0.319 e. The third kappa shape index (κ3) is 1.32. The molecular formula is C8H14N2O2. The lowest BCUT2D eigenvalue weighted by Gasteiger charge is -2.25. The molecule has 4 nitrogen and oxygen atoms in total. The normalized spacial score (nSPS) is 34.1. The van der Waals surface area contributed by atoms with Crippen molar-refractivity contribution < 1.29 is 9.53 Å². The van der Waals surface area contributed by atoms with Crippen molar-refractivity contribution in [2.75, 3.05) is 26.7 Å². The van der Waals surface area contributed by atoms with E-state index in [1.165, 1.54) is 13.5 Å². The Morgan fingerprint density at radius 2 is 2.58 bits per heavy atom. The molecule has 68 valence electrons. The fraction of sp³-hybridized carbons (Fsp3) is 0.875. The van der Waals surface area contributed by atoms with E-state index in [0.29, 0.717) is 18.6 Å². The quantitative estimate of drug-likeness (QED) is 0.551. The number of fused-ring (bicyclic) bond motifs is 2. The van der Waals surface area contributed by atoms with Gasteiger partial charge in [-0.2, -0.15) is 0 Å².